The maximum atomic E-state index is 10.8. The van der Waals surface area contributed by atoms with E-state index in [0.29, 0.717) is 0 Å². The molecule has 1 heterocycles. The van der Waals surface area contributed by atoms with E-state index in [2.05, 4.69) is 0 Å². The molecule has 1 N–H and O–H groups in total. The van der Waals surface area contributed by atoms with Crippen LogP contribution in [0.5, 0.6) is 0 Å². The van der Waals surface area contributed by atoms with Crippen LogP contribution in [0.3, 0.4) is 0 Å². The lowest BCUT2D eigenvalue weighted by Gasteiger charge is -2.11. The van der Waals surface area contributed by atoms with Crippen molar-refractivity contribution in [1.29, 1.82) is 0 Å². The van der Waals surface area contributed by atoms with E-state index in [1.165, 1.54) is 0 Å². The molecule has 0 aromatic carbocycles. The summed E-state index contributed by atoms with van der Waals surface area (Å²) >= 11 is 0. The number of rotatable bonds is 1. The van der Waals surface area contributed by atoms with Crippen LogP contribution in [-0.2, 0) is 9.53 Å². The zero-order chi connectivity index (χ0) is 8.77. The second-order valence-electron chi connectivity index (χ2n) is 2.86. The zero-order valence-corrected chi connectivity index (χ0v) is 5.99. The highest BCUT2D eigenvalue weighted by atomic mass is 16.5. The zero-order valence-electron chi connectivity index (χ0n) is 6.99. The summed E-state index contributed by atoms with van der Waals surface area (Å²) in [6.07, 6.45) is 3.29. The monoisotopic (exact) mass is 155 g/mol. The van der Waals surface area contributed by atoms with Crippen molar-refractivity contribution in [1.82, 2.24) is 0 Å². The van der Waals surface area contributed by atoms with Crippen LogP contribution >= 0.6 is 0 Å². The van der Waals surface area contributed by atoms with Crippen LogP contribution in [0.4, 0.5) is 0 Å². The van der Waals surface area contributed by atoms with Crippen molar-refractivity contribution in [2.75, 3.05) is 6.61 Å². The Balaban J connectivity index is 2.24. The average Bonchev–Trinajstić information content (AvgIpc) is 2.53. The predicted octanol–water partition coefficient (Wildman–Crippen LogP) is 0.0964. The number of carbonyl (C=O) groups is 1. The SMILES string of the molecule is [2H][C@@]1(CO)C=C[C@@H]2OC(=O)C[C@@H]21. The van der Waals surface area contributed by atoms with Crippen LogP contribution in [0, 0.1) is 11.8 Å². The average molecular weight is 155 g/mol. The fourth-order valence-electron chi connectivity index (χ4n) is 1.61. The fraction of sp³-hybridized carbons (Fsp3) is 0.625. The number of carbonyl (C=O) groups excluding carboxylic acids is 1. The maximum absolute atomic E-state index is 10.8. The normalized spacial score (nSPS) is 48.8. The number of esters is 1. The van der Waals surface area contributed by atoms with Gasteiger partial charge in [0.05, 0.1) is 6.42 Å². The van der Waals surface area contributed by atoms with Gasteiger partial charge in [-0.15, -0.1) is 0 Å². The minimum Gasteiger partial charge on any atom is -0.458 e. The van der Waals surface area contributed by atoms with Gasteiger partial charge in [-0.3, -0.25) is 4.79 Å². The molecule has 2 aliphatic rings. The second kappa shape index (κ2) is 2.34. The van der Waals surface area contributed by atoms with Gasteiger partial charge in [-0.25, -0.2) is 0 Å². The molecule has 3 atom stereocenters. The summed E-state index contributed by atoms with van der Waals surface area (Å²) in [6, 6.07) is 0. The minimum absolute atomic E-state index is 0.185. The molecule has 0 spiro atoms. The van der Waals surface area contributed by atoms with Crippen molar-refractivity contribution in [3.05, 3.63) is 12.2 Å². The van der Waals surface area contributed by atoms with Gasteiger partial charge in [-0.2, -0.15) is 0 Å². The third kappa shape index (κ3) is 0.959. The summed E-state index contributed by atoms with van der Waals surface area (Å²) in [5.74, 6) is -1.45. The Morgan fingerprint density at radius 2 is 2.64 bits per heavy atom. The summed E-state index contributed by atoms with van der Waals surface area (Å²) < 4.78 is 12.7. The lowest BCUT2D eigenvalue weighted by Crippen LogP contribution is -2.17. The lowest BCUT2D eigenvalue weighted by molar-refractivity contribution is -0.140. The molecule has 0 radical (unpaired) electrons. The molecule has 3 nitrogen and oxygen atoms in total. The molecule has 1 saturated heterocycles. The van der Waals surface area contributed by atoms with E-state index in [9.17, 15) is 4.79 Å². The summed E-state index contributed by atoms with van der Waals surface area (Å²) in [6.45, 7) is -0.249. The Hall–Kier alpha value is -0.830. The van der Waals surface area contributed by atoms with E-state index in [-0.39, 0.29) is 31.0 Å². The van der Waals surface area contributed by atoms with Crippen LogP contribution in [0.25, 0.3) is 0 Å². The molecule has 1 aliphatic carbocycles. The first-order chi connectivity index (χ1) is 5.65. The third-order valence-corrected chi connectivity index (χ3v) is 2.21. The van der Waals surface area contributed by atoms with E-state index in [1.54, 1.807) is 12.2 Å². The minimum atomic E-state index is -1.00. The number of fused-ring (bicyclic) bond motifs is 1. The number of hydrogen-bond acceptors (Lipinski definition) is 3. The van der Waals surface area contributed by atoms with Gasteiger partial charge in [0.2, 0.25) is 0 Å². The largest absolute Gasteiger partial charge is 0.458 e. The van der Waals surface area contributed by atoms with E-state index in [4.69, 9.17) is 11.2 Å². The Morgan fingerprint density at radius 3 is 3.36 bits per heavy atom. The smallest absolute Gasteiger partial charge is 0.306 e. The Labute approximate surface area is 66.1 Å². The standard InChI is InChI=1S/C8H10O3/c9-4-5-1-2-7-6(5)3-8(10)11-7/h1-2,5-7,9H,3-4H2/t5-,6+,7-/m0/s1/i5D. The molecule has 0 aromatic heterocycles. The van der Waals surface area contributed by atoms with Crippen LogP contribution in [0.15, 0.2) is 12.2 Å². The molecule has 1 aliphatic heterocycles. The number of aliphatic hydroxyl groups excluding tert-OH is 1. The van der Waals surface area contributed by atoms with Crippen molar-refractivity contribution in [3.63, 3.8) is 0 Å². The highest BCUT2D eigenvalue weighted by Gasteiger charge is 2.40. The van der Waals surface area contributed by atoms with E-state index in [0.717, 1.165) is 0 Å². The van der Waals surface area contributed by atoms with Gasteiger partial charge >= 0.3 is 5.97 Å². The van der Waals surface area contributed by atoms with Gasteiger partial charge in [-0.1, -0.05) is 6.08 Å². The van der Waals surface area contributed by atoms with Gasteiger partial charge in [0.1, 0.15) is 6.10 Å². The van der Waals surface area contributed by atoms with Crippen molar-refractivity contribution in [3.8, 4) is 0 Å². The molecule has 0 bridgehead atoms. The van der Waals surface area contributed by atoms with Gasteiger partial charge < -0.3 is 9.84 Å². The van der Waals surface area contributed by atoms with E-state index in [1.807, 2.05) is 0 Å². The van der Waals surface area contributed by atoms with Gasteiger partial charge in [0.25, 0.3) is 0 Å². The van der Waals surface area contributed by atoms with Crippen LogP contribution in [0.1, 0.15) is 7.79 Å². The summed E-state index contributed by atoms with van der Waals surface area (Å²) in [7, 11) is 0. The number of aliphatic hydroxyl groups is 1. The van der Waals surface area contributed by atoms with Crippen molar-refractivity contribution < 1.29 is 16.0 Å². The predicted molar refractivity (Wildman–Crippen MR) is 37.7 cm³/mol. The molecular formula is C8H10O3. The first-order valence-electron chi connectivity index (χ1n) is 4.15. The summed E-state index contributed by atoms with van der Waals surface area (Å²) in [5, 5.41) is 8.95. The molecule has 60 valence electrons. The first kappa shape index (κ1) is 5.77. The quantitative estimate of drug-likeness (QED) is 0.431. The highest BCUT2D eigenvalue weighted by Crippen LogP contribution is 2.35. The Kier molecular flexibility index (Phi) is 1.23. The van der Waals surface area contributed by atoms with Gasteiger partial charge in [-0.05, 0) is 6.08 Å². The van der Waals surface area contributed by atoms with Crippen LogP contribution in [-0.4, -0.2) is 23.8 Å². The highest BCUT2D eigenvalue weighted by molar-refractivity contribution is 5.73. The fourth-order valence-corrected chi connectivity index (χ4v) is 1.61. The summed E-state index contributed by atoms with van der Waals surface area (Å²) in [5.41, 5.74) is 0. The molecule has 11 heavy (non-hydrogen) atoms. The molecular weight excluding hydrogens is 144 g/mol. The molecule has 0 aromatic rings. The second-order valence-corrected chi connectivity index (χ2v) is 2.86. The molecule has 2 rings (SSSR count). The van der Waals surface area contributed by atoms with Crippen molar-refractivity contribution in [2.45, 2.75) is 12.5 Å². The first-order valence-corrected chi connectivity index (χ1v) is 3.65. The Morgan fingerprint density at radius 1 is 1.82 bits per heavy atom. The Bertz CT molecular complexity index is 251. The molecule has 0 unspecified atom stereocenters. The van der Waals surface area contributed by atoms with Crippen molar-refractivity contribution >= 4 is 5.97 Å². The molecule has 1 fully saturated rings. The number of ether oxygens (including phenoxy) is 1. The van der Waals surface area contributed by atoms with Gasteiger partial charge in [0, 0.05) is 19.8 Å². The lowest BCUT2D eigenvalue weighted by atomic mass is 9.93. The molecule has 3 heteroatoms. The van der Waals surface area contributed by atoms with Gasteiger partial charge in [0.15, 0.2) is 0 Å². The van der Waals surface area contributed by atoms with Crippen LogP contribution < -0.4 is 0 Å². The molecule has 0 amide bonds. The van der Waals surface area contributed by atoms with E-state index < -0.39 is 5.89 Å². The molecule has 0 saturated carbocycles. The topological polar surface area (TPSA) is 46.5 Å². The third-order valence-electron chi connectivity index (χ3n) is 2.21. The summed E-state index contributed by atoms with van der Waals surface area (Å²) in [4.78, 5) is 10.8. The maximum Gasteiger partial charge on any atom is 0.306 e. The van der Waals surface area contributed by atoms with E-state index >= 15 is 0 Å². The van der Waals surface area contributed by atoms with Crippen LogP contribution in [0.2, 0.25) is 0 Å². The number of hydrogen-bond donors (Lipinski definition) is 1. The van der Waals surface area contributed by atoms with Crippen molar-refractivity contribution in [2.24, 2.45) is 11.8 Å².